The Bertz CT molecular complexity index is 972. The lowest BCUT2D eigenvalue weighted by atomic mass is 9.96. The van der Waals surface area contributed by atoms with Crippen molar-refractivity contribution >= 4 is 11.3 Å². The molecular formula is C29H33NO. The highest BCUT2D eigenvalue weighted by molar-refractivity contribution is 5.67. The summed E-state index contributed by atoms with van der Waals surface area (Å²) in [5.74, 6) is 0.870. The summed E-state index contributed by atoms with van der Waals surface area (Å²) in [6.07, 6.45) is 7.61. The molecule has 0 fully saturated rings. The fourth-order valence-electron chi connectivity index (χ4n) is 3.76. The number of methoxy groups -OCH3 is 1. The highest BCUT2D eigenvalue weighted by Crippen LogP contribution is 2.26. The molecule has 2 nitrogen and oxygen atoms in total. The summed E-state index contributed by atoms with van der Waals surface area (Å²) in [6.45, 7) is 4.48. The standard InChI is InChI=1S/C29H33NO/c1-4-24(23(2)25-14-7-5-8-15-25)13-11-12-18-29(26-16-9-6-10-17-26)30-27-19-21-28(31-3)22-20-27/h5-12,14-17,19-22,29-30H,4,13,18H2,1-3H3/b12-11+,24-23+. The minimum absolute atomic E-state index is 0.218. The maximum Gasteiger partial charge on any atom is 0.119 e. The molecule has 0 saturated carbocycles. The maximum absolute atomic E-state index is 5.28. The van der Waals surface area contributed by atoms with Crippen LogP contribution < -0.4 is 10.1 Å². The monoisotopic (exact) mass is 411 g/mol. The van der Waals surface area contributed by atoms with Gasteiger partial charge < -0.3 is 10.1 Å². The molecule has 3 rings (SSSR count). The van der Waals surface area contributed by atoms with Gasteiger partial charge in [-0.05, 0) is 67.2 Å². The third kappa shape index (κ3) is 6.62. The minimum atomic E-state index is 0.218. The normalized spacial score (nSPS) is 13.0. The largest absolute Gasteiger partial charge is 0.497 e. The number of anilines is 1. The lowest BCUT2D eigenvalue weighted by molar-refractivity contribution is 0.415. The van der Waals surface area contributed by atoms with Crippen molar-refractivity contribution in [3.8, 4) is 5.75 Å². The van der Waals surface area contributed by atoms with Crippen LogP contribution in [0.2, 0.25) is 0 Å². The van der Waals surface area contributed by atoms with Crippen LogP contribution in [0.3, 0.4) is 0 Å². The van der Waals surface area contributed by atoms with E-state index >= 15 is 0 Å². The molecule has 0 radical (unpaired) electrons. The van der Waals surface area contributed by atoms with Crippen LogP contribution in [0.4, 0.5) is 5.69 Å². The van der Waals surface area contributed by atoms with E-state index in [1.807, 2.05) is 12.1 Å². The molecular weight excluding hydrogens is 378 g/mol. The Labute approximate surface area is 187 Å². The minimum Gasteiger partial charge on any atom is -0.497 e. The summed E-state index contributed by atoms with van der Waals surface area (Å²) >= 11 is 0. The van der Waals surface area contributed by atoms with Crippen LogP contribution >= 0.6 is 0 Å². The van der Waals surface area contributed by atoms with Crippen molar-refractivity contribution in [1.82, 2.24) is 0 Å². The van der Waals surface area contributed by atoms with Crippen LogP contribution in [0.15, 0.2) is 103 Å². The van der Waals surface area contributed by atoms with Gasteiger partial charge in [-0.15, -0.1) is 0 Å². The zero-order valence-electron chi connectivity index (χ0n) is 18.8. The van der Waals surface area contributed by atoms with Crippen molar-refractivity contribution in [2.75, 3.05) is 12.4 Å². The van der Waals surface area contributed by atoms with E-state index in [0.29, 0.717) is 0 Å². The highest BCUT2D eigenvalue weighted by Gasteiger charge is 2.10. The quantitative estimate of drug-likeness (QED) is 0.341. The third-order valence-electron chi connectivity index (χ3n) is 5.70. The van der Waals surface area contributed by atoms with E-state index in [9.17, 15) is 0 Å². The topological polar surface area (TPSA) is 21.3 Å². The summed E-state index contributed by atoms with van der Waals surface area (Å²) in [4.78, 5) is 0. The van der Waals surface area contributed by atoms with Gasteiger partial charge in [0, 0.05) is 5.69 Å². The lowest BCUT2D eigenvalue weighted by Crippen LogP contribution is -2.09. The van der Waals surface area contributed by atoms with Crippen molar-refractivity contribution in [3.63, 3.8) is 0 Å². The van der Waals surface area contributed by atoms with Crippen molar-refractivity contribution in [2.24, 2.45) is 0 Å². The lowest BCUT2D eigenvalue weighted by Gasteiger charge is -2.19. The van der Waals surface area contributed by atoms with Gasteiger partial charge in [0.1, 0.15) is 5.75 Å². The Hall–Kier alpha value is -3.26. The van der Waals surface area contributed by atoms with Gasteiger partial charge in [-0.2, -0.15) is 0 Å². The number of ether oxygens (including phenoxy) is 1. The molecule has 2 heteroatoms. The number of nitrogens with one attached hydrogen (secondary N) is 1. The van der Waals surface area contributed by atoms with Gasteiger partial charge >= 0.3 is 0 Å². The first-order chi connectivity index (χ1) is 15.2. The summed E-state index contributed by atoms with van der Waals surface area (Å²) in [5, 5.41) is 3.68. The second kappa shape index (κ2) is 11.8. The number of allylic oxidation sites excluding steroid dienone is 3. The second-order valence-electron chi connectivity index (χ2n) is 7.70. The molecule has 0 bridgehead atoms. The molecule has 0 amide bonds. The number of rotatable bonds is 10. The molecule has 0 aliphatic carbocycles. The van der Waals surface area contributed by atoms with E-state index in [1.165, 1.54) is 22.3 Å². The molecule has 160 valence electrons. The zero-order valence-corrected chi connectivity index (χ0v) is 18.8. The third-order valence-corrected chi connectivity index (χ3v) is 5.70. The van der Waals surface area contributed by atoms with Crippen molar-refractivity contribution in [1.29, 1.82) is 0 Å². The Balaban J connectivity index is 1.70. The molecule has 3 aromatic carbocycles. The Morgan fingerprint density at radius 2 is 1.52 bits per heavy atom. The molecule has 0 spiro atoms. The Morgan fingerprint density at radius 1 is 0.871 bits per heavy atom. The average molecular weight is 412 g/mol. The van der Waals surface area contributed by atoms with E-state index in [-0.39, 0.29) is 6.04 Å². The number of hydrogen-bond acceptors (Lipinski definition) is 2. The molecule has 0 aliphatic heterocycles. The van der Waals surface area contributed by atoms with Crippen LogP contribution in [-0.4, -0.2) is 7.11 Å². The average Bonchev–Trinajstić information content (AvgIpc) is 2.84. The molecule has 1 N–H and O–H groups in total. The van der Waals surface area contributed by atoms with Crippen molar-refractivity contribution < 1.29 is 4.74 Å². The van der Waals surface area contributed by atoms with E-state index in [2.05, 4.69) is 104 Å². The maximum atomic E-state index is 5.28. The van der Waals surface area contributed by atoms with Crippen LogP contribution in [-0.2, 0) is 0 Å². The van der Waals surface area contributed by atoms with Gasteiger partial charge in [0.25, 0.3) is 0 Å². The first-order valence-electron chi connectivity index (χ1n) is 11.1. The van der Waals surface area contributed by atoms with Gasteiger partial charge in [-0.25, -0.2) is 0 Å². The predicted octanol–water partition coefficient (Wildman–Crippen LogP) is 8.07. The smallest absolute Gasteiger partial charge is 0.119 e. The summed E-state index contributed by atoms with van der Waals surface area (Å²) < 4.78 is 5.28. The van der Waals surface area contributed by atoms with E-state index in [0.717, 1.165) is 30.7 Å². The van der Waals surface area contributed by atoms with Crippen molar-refractivity contribution in [3.05, 3.63) is 114 Å². The first-order valence-corrected chi connectivity index (χ1v) is 11.1. The fraction of sp³-hybridized carbons (Fsp3) is 0.241. The van der Waals surface area contributed by atoms with Gasteiger partial charge in [0.15, 0.2) is 0 Å². The summed E-state index contributed by atoms with van der Waals surface area (Å²) in [7, 11) is 1.69. The molecule has 0 aliphatic rings. The van der Waals surface area contributed by atoms with E-state index in [4.69, 9.17) is 4.74 Å². The van der Waals surface area contributed by atoms with Gasteiger partial charge in [0.2, 0.25) is 0 Å². The van der Waals surface area contributed by atoms with Crippen LogP contribution in [0.1, 0.15) is 50.3 Å². The van der Waals surface area contributed by atoms with E-state index in [1.54, 1.807) is 7.11 Å². The number of hydrogen-bond donors (Lipinski definition) is 1. The highest BCUT2D eigenvalue weighted by atomic mass is 16.5. The van der Waals surface area contributed by atoms with Gasteiger partial charge in [-0.1, -0.05) is 85.3 Å². The molecule has 31 heavy (non-hydrogen) atoms. The van der Waals surface area contributed by atoms with Gasteiger partial charge in [-0.3, -0.25) is 0 Å². The Kier molecular flexibility index (Phi) is 8.54. The fourth-order valence-corrected chi connectivity index (χ4v) is 3.76. The molecule has 3 aromatic rings. The summed E-state index contributed by atoms with van der Waals surface area (Å²) in [6, 6.07) is 29.6. The molecule has 1 unspecified atom stereocenters. The molecule has 0 aromatic heterocycles. The summed E-state index contributed by atoms with van der Waals surface area (Å²) in [5.41, 5.74) is 6.58. The zero-order chi connectivity index (χ0) is 21.9. The van der Waals surface area contributed by atoms with Crippen molar-refractivity contribution in [2.45, 2.75) is 39.2 Å². The molecule has 0 heterocycles. The van der Waals surface area contributed by atoms with E-state index < -0.39 is 0 Å². The Morgan fingerprint density at radius 3 is 2.13 bits per heavy atom. The number of benzene rings is 3. The van der Waals surface area contributed by atoms with Crippen LogP contribution in [0.5, 0.6) is 5.75 Å². The van der Waals surface area contributed by atoms with Crippen LogP contribution in [0, 0.1) is 0 Å². The first kappa shape index (κ1) is 22.4. The second-order valence-corrected chi connectivity index (χ2v) is 7.70. The SMILES string of the molecule is CC/C(C/C=C/CC(Nc1ccc(OC)cc1)c1ccccc1)=C(/C)c1ccccc1. The predicted molar refractivity (Wildman–Crippen MR) is 134 cm³/mol. The van der Waals surface area contributed by atoms with Gasteiger partial charge in [0.05, 0.1) is 13.2 Å². The molecule has 0 saturated heterocycles. The van der Waals surface area contributed by atoms with Crippen LogP contribution in [0.25, 0.3) is 5.57 Å². The molecule has 1 atom stereocenters.